The van der Waals surface area contributed by atoms with Crippen molar-refractivity contribution in [1.82, 2.24) is 15.1 Å². The van der Waals surface area contributed by atoms with E-state index in [1.807, 2.05) is 59.4 Å². The first kappa shape index (κ1) is 18.5. The Morgan fingerprint density at radius 3 is 2.21 bits per heavy atom. The molecule has 0 fully saturated rings. The first-order chi connectivity index (χ1) is 14.3. The van der Waals surface area contributed by atoms with Crippen LogP contribution in [0, 0.1) is 0 Å². The first-order valence-corrected chi connectivity index (χ1v) is 9.43. The van der Waals surface area contributed by atoms with Crippen molar-refractivity contribution in [3.8, 4) is 11.5 Å². The van der Waals surface area contributed by atoms with Gasteiger partial charge in [0.25, 0.3) is 5.91 Å². The molecule has 0 aliphatic rings. The maximum Gasteiger partial charge on any atom is 0.251 e. The van der Waals surface area contributed by atoms with E-state index >= 15 is 0 Å². The van der Waals surface area contributed by atoms with Crippen LogP contribution in [0.5, 0.6) is 11.5 Å². The molecule has 4 aromatic rings. The second kappa shape index (κ2) is 8.89. The van der Waals surface area contributed by atoms with Crippen molar-refractivity contribution in [3.05, 3.63) is 114 Å². The standard InChI is InChI=1S/C24H21N3O2/c28-24(21-11-13-23(14-12-21)29-22-5-2-1-3-6-22)25-17-19-7-9-20(10-8-19)18-27-16-4-15-26-27/h1-16H,17-18H2,(H,25,28). The van der Waals surface area contributed by atoms with Crippen molar-refractivity contribution in [2.24, 2.45) is 0 Å². The molecule has 4 rings (SSSR count). The molecule has 0 saturated heterocycles. The van der Waals surface area contributed by atoms with E-state index in [-0.39, 0.29) is 5.91 Å². The van der Waals surface area contributed by atoms with Crippen LogP contribution in [0.4, 0.5) is 0 Å². The number of para-hydroxylation sites is 1. The molecule has 0 spiro atoms. The van der Waals surface area contributed by atoms with Gasteiger partial charge in [-0.3, -0.25) is 9.48 Å². The predicted octanol–water partition coefficient (Wildman–Crippen LogP) is 4.65. The number of benzene rings is 3. The predicted molar refractivity (Wildman–Crippen MR) is 112 cm³/mol. The number of rotatable bonds is 7. The van der Waals surface area contributed by atoms with E-state index in [0.717, 1.165) is 23.4 Å². The Hall–Kier alpha value is -3.86. The number of hydrogen-bond acceptors (Lipinski definition) is 3. The quantitative estimate of drug-likeness (QED) is 0.505. The van der Waals surface area contributed by atoms with Gasteiger partial charge < -0.3 is 10.1 Å². The number of nitrogens with zero attached hydrogens (tertiary/aromatic N) is 2. The highest BCUT2D eigenvalue weighted by atomic mass is 16.5. The van der Waals surface area contributed by atoms with Gasteiger partial charge in [-0.1, -0.05) is 42.5 Å². The SMILES string of the molecule is O=C(NCc1ccc(Cn2cccn2)cc1)c1ccc(Oc2ccccc2)cc1. The summed E-state index contributed by atoms with van der Waals surface area (Å²) in [6, 6.07) is 26.7. The summed E-state index contributed by atoms with van der Waals surface area (Å²) in [6.45, 7) is 1.21. The van der Waals surface area contributed by atoms with E-state index < -0.39 is 0 Å². The topological polar surface area (TPSA) is 56.2 Å². The van der Waals surface area contributed by atoms with Crippen LogP contribution < -0.4 is 10.1 Å². The van der Waals surface area contributed by atoms with Gasteiger partial charge in [-0.05, 0) is 53.6 Å². The first-order valence-electron chi connectivity index (χ1n) is 9.43. The molecule has 29 heavy (non-hydrogen) atoms. The van der Waals surface area contributed by atoms with Crippen molar-refractivity contribution < 1.29 is 9.53 Å². The Labute approximate surface area is 169 Å². The highest BCUT2D eigenvalue weighted by Crippen LogP contribution is 2.21. The summed E-state index contributed by atoms with van der Waals surface area (Å²) in [4.78, 5) is 12.4. The lowest BCUT2D eigenvalue weighted by molar-refractivity contribution is 0.0951. The third-order valence-corrected chi connectivity index (χ3v) is 4.48. The minimum Gasteiger partial charge on any atom is -0.457 e. The summed E-state index contributed by atoms with van der Waals surface area (Å²) in [5, 5.41) is 7.16. The van der Waals surface area contributed by atoms with Crippen LogP contribution in [0.1, 0.15) is 21.5 Å². The monoisotopic (exact) mass is 383 g/mol. The average molecular weight is 383 g/mol. The maximum atomic E-state index is 12.4. The average Bonchev–Trinajstić information content (AvgIpc) is 3.27. The molecule has 1 heterocycles. The second-order valence-corrected chi connectivity index (χ2v) is 6.64. The van der Waals surface area contributed by atoms with Crippen LogP contribution in [0.3, 0.4) is 0 Å². The second-order valence-electron chi connectivity index (χ2n) is 6.64. The van der Waals surface area contributed by atoms with Gasteiger partial charge in [0.15, 0.2) is 0 Å². The van der Waals surface area contributed by atoms with Crippen molar-refractivity contribution in [1.29, 1.82) is 0 Å². The molecule has 3 aromatic carbocycles. The van der Waals surface area contributed by atoms with Gasteiger partial charge in [0.2, 0.25) is 0 Å². The molecule has 144 valence electrons. The number of ether oxygens (including phenoxy) is 1. The van der Waals surface area contributed by atoms with E-state index in [1.54, 1.807) is 30.5 Å². The molecule has 0 atom stereocenters. The lowest BCUT2D eigenvalue weighted by Crippen LogP contribution is -2.22. The molecule has 0 aliphatic heterocycles. The number of carbonyl (C=O) groups excluding carboxylic acids is 1. The number of hydrogen-bond donors (Lipinski definition) is 1. The van der Waals surface area contributed by atoms with Crippen LogP contribution in [0.15, 0.2) is 97.3 Å². The number of nitrogens with one attached hydrogen (secondary N) is 1. The Kier molecular flexibility index (Phi) is 5.67. The van der Waals surface area contributed by atoms with E-state index in [2.05, 4.69) is 22.5 Å². The number of carbonyl (C=O) groups is 1. The maximum absolute atomic E-state index is 12.4. The molecule has 0 radical (unpaired) electrons. The molecule has 5 heteroatoms. The molecule has 0 saturated carbocycles. The van der Waals surface area contributed by atoms with Gasteiger partial charge in [0, 0.05) is 24.5 Å². The zero-order valence-electron chi connectivity index (χ0n) is 15.9. The summed E-state index contributed by atoms with van der Waals surface area (Å²) in [6.07, 6.45) is 3.70. The van der Waals surface area contributed by atoms with Gasteiger partial charge in [-0.25, -0.2) is 0 Å². The van der Waals surface area contributed by atoms with Crippen LogP contribution in [-0.2, 0) is 13.1 Å². The minimum atomic E-state index is -0.114. The zero-order valence-corrected chi connectivity index (χ0v) is 15.9. The van der Waals surface area contributed by atoms with Crippen molar-refractivity contribution >= 4 is 5.91 Å². The molecule has 1 aromatic heterocycles. The third kappa shape index (κ3) is 5.11. The van der Waals surface area contributed by atoms with Gasteiger partial charge >= 0.3 is 0 Å². The number of amides is 1. The highest BCUT2D eigenvalue weighted by Gasteiger charge is 2.06. The van der Waals surface area contributed by atoms with Crippen molar-refractivity contribution in [2.45, 2.75) is 13.1 Å². The molecular weight excluding hydrogens is 362 g/mol. The van der Waals surface area contributed by atoms with Gasteiger partial charge in [-0.2, -0.15) is 5.10 Å². The smallest absolute Gasteiger partial charge is 0.251 e. The summed E-state index contributed by atoms with van der Waals surface area (Å²) >= 11 is 0. The molecule has 5 nitrogen and oxygen atoms in total. The molecule has 0 aliphatic carbocycles. The number of aromatic nitrogens is 2. The van der Waals surface area contributed by atoms with Gasteiger partial charge in [-0.15, -0.1) is 0 Å². The fourth-order valence-electron chi connectivity index (χ4n) is 2.93. The summed E-state index contributed by atoms with van der Waals surface area (Å²) in [5.74, 6) is 1.35. The van der Waals surface area contributed by atoms with E-state index in [9.17, 15) is 4.79 Å². The zero-order chi connectivity index (χ0) is 19.9. The van der Waals surface area contributed by atoms with Gasteiger partial charge in [0.1, 0.15) is 11.5 Å². The Bertz CT molecular complexity index is 1040. The van der Waals surface area contributed by atoms with E-state index in [0.29, 0.717) is 17.9 Å². The summed E-state index contributed by atoms with van der Waals surface area (Å²) in [7, 11) is 0. The Balaban J connectivity index is 1.30. The lowest BCUT2D eigenvalue weighted by atomic mass is 10.1. The summed E-state index contributed by atoms with van der Waals surface area (Å²) < 4.78 is 7.63. The fourth-order valence-corrected chi connectivity index (χ4v) is 2.93. The largest absolute Gasteiger partial charge is 0.457 e. The Morgan fingerprint density at radius 1 is 0.828 bits per heavy atom. The molecule has 1 amide bonds. The van der Waals surface area contributed by atoms with Gasteiger partial charge in [0.05, 0.1) is 6.54 Å². The fraction of sp³-hybridized carbons (Fsp3) is 0.0833. The lowest BCUT2D eigenvalue weighted by Gasteiger charge is -2.08. The summed E-state index contributed by atoms with van der Waals surface area (Å²) in [5.41, 5.74) is 2.81. The third-order valence-electron chi connectivity index (χ3n) is 4.48. The van der Waals surface area contributed by atoms with E-state index in [4.69, 9.17) is 4.74 Å². The molecular formula is C24H21N3O2. The van der Waals surface area contributed by atoms with Crippen molar-refractivity contribution in [2.75, 3.05) is 0 Å². The van der Waals surface area contributed by atoms with Crippen LogP contribution >= 0.6 is 0 Å². The van der Waals surface area contributed by atoms with E-state index in [1.165, 1.54) is 0 Å². The van der Waals surface area contributed by atoms with Crippen LogP contribution in [-0.4, -0.2) is 15.7 Å². The minimum absolute atomic E-state index is 0.114. The van der Waals surface area contributed by atoms with Crippen LogP contribution in [0.25, 0.3) is 0 Å². The van der Waals surface area contributed by atoms with Crippen molar-refractivity contribution in [3.63, 3.8) is 0 Å². The molecule has 1 N–H and O–H groups in total. The normalized spacial score (nSPS) is 10.5. The molecule has 0 unspecified atom stereocenters. The van der Waals surface area contributed by atoms with Crippen LogP contribution in [0.2, 0.25) is 0 Å². The Morgan fingerprint density at radius 2 is 1.52 bits per heavy atom. The molecule has 0 bridgehead atoms. The highest BCUT2D eigenvalue weighted by molar-refractivity contribution is 5.94.